The number of likely N-dealkylation sites (N-methyl/N-ethyl adjacent to an activating group) is 1. The first-order valence-corrected chi connectivity index (χ1v) is 9.70. The first kappa shape index (κ1) is 18.5. The van der Waals surface area contributed by atoms with Crippen molar-refractivity contribution in [2.45, 2.75) is 31.7 Å². The number of fused-ring (bicyclic) bond motifs is 1. The number of hydrogen-bond acceptors (Lipinski definition) is 4. The Morgan fingerprint density at radius 3 is 2.69 bits per heavy atom. The molecule has 1 unspecified atom stereocenters. The molecule has 0 radical (unpaired) electrons. The van der Waals surface area contributed by atoms with Crippen LogP contribution in [0.15, 0.2) is 35.7 Å². The van der Waals surface area contributed by atoms with E-state index in [-0.39, 0.29) is 18.5 Å². The maximum Gasteiger partial charge on any atom is 0.409 e. The monoisotopic (exact) mass is 372 g/mol. The number of carbonyl (C=O) groups is 2. The SMILES string of the molecule is COC(=O)N(C)CC(=O)NC(c1ccc2c(c1)CCCC2)c1cccs1. The van der Waals surface area contributed by atoms with Crippen LogP contribution in [0.25, 0.3) is 0 Å². The zero-order valence-corrected chi connectivity index (χ0v) is 16.0. The first-order chi connectivity index (χ1) is 12.6. The van der Waals surface area contributed by atoms with E-state index < -0.39 is 6.09 Å². The maximum atomic E-state index is 12.5. The van der Waals surface area contributed by atoms with Crippen molar-refractivity contribution in [3.05, 3.63) is 57.3 Å². The molecule has 2 aromatic rings. The van der Waals surface area contributed by atoms with E-state index in [4.69, 9.17) is 0 Å². The number of benzene rings is 1. The predicted molar refractivity (Wildman–Crippen MR) is 102 cm³/mol. The van der Waals surface area contributed by atoms with Gasteiger partial charge in [0, 0.05) is 11.9 Å². The molecule has 1 aromatic heterocycles. The fourth-order valence-corrected chi connectivity index (χ4v) is 4.15. The van der Waals surface area contributed by atoms with Gasteiger partial charge >= 0.3 is 6.09 Å². The van der Waals surface area contributed by atoms with E-state index in [2.05, 4.69) is 28.3 Å². The highest BCUT2D eigenvalue weighted by molar-refractivity contribution is 7.10. The van der Waals surface area contributed by atoms with Gasteiger partial charge in [-0.2, -0.15) is 0 Å². The van der Waals surface area contributed by atoms with E-state index in [1.165, 1.54) is 36.0 Å². The molecule has 26 heavy (non-hydrogen) atoms. The molecule has 0 fully saturated rings. The quantitative estimate of drug-likeness (QED) is 0.873. The van der Waals surface area contributed by atoms with Crippen LogP contribution in [0.5, 0.6) is 0 Å². The molecule has 0 spiro atoms. The summed E-state index contributed by atoms with van der Waals surface area (Å²) < 4.78 is 4.65. The molecule has 1 atom stereocenters. The van der Waals surface area contributed by atoms with Gasteiger partial charge in [-0.3, -0.25) is 4.79 Å². The summed E-state index contributed by atoms with van der Waals surface area (Å²) in [5.41, 5.74) is 3.89. The number of aryl methyl sites for hydroxylation is 2. The van der Waals surface area contributed by atoms with Crippen LogP contribution in [-0.2, 0) is 22.4 Å². The number of methoxy groups -OCH3 is 1. The smallest absolute Gasteiger partial charge is 0.409 e. The standard InChI is InChI=1S/C20H24N2O3S/c1-22(20(24)25-2)13-18(23)21-19(17-8-5-11-26-17)16-10-9-14-6-3-4-7-15(14)12-16/h5,8-12,19H,3-4,6-7,13H2,1-2H3,(H,21,23). The Kier molecular flexibility index (Phi) is 5.93. The van der Waals surface area contributed by atoms with Crippen molar-refractivity contribution in [2.75, 3.05) is 20.7 Å². The molecule has 0 bridgehead atoms. The minimum absolute atomic E-state index is 0.0422. The lowest BCUT2D eigenvalue weighted by molar-refractivity contribution is -0.122. The molecule has 0 aliphatic heterocycles. The van der Waals surface area contributed by atoms with Crippen molar-refractivity contribution in [1.29, 1.82) is 0 Å². The van der Waals surface area contributed by atoms with E-state index in [1.807, 2.05) is 17.5 Å². The number of hydrogen-bond donors (Lipinski definition) is 1. The summed E-state index contributed by atoms with van der Waals surface area (Å²) >= 11 is 1.61. The molecular formula is C20H24N2O3S. The van der Waals surface area contributed by atoms with E-state index in [0.29, 0.717) is 0 Å². The lowest BCUT2D eigenvalue weighted by atomic mass is 9.89. The molecule has 3 rings (SSSR count). The largest absolute Gasteiger partial charge is 0.453 e. The third-order valence-corrected chi connectivity index (χ3v) is 5.64. The Morgan fingerprint density at radius 1 is 1.23 bits per heavy atom. The first-order valence-electron chi connectivity index (χ1n) is 8.82. The summed E-state index contributed by atoms with van der Waals surface area (Å²) in [5.74, 6) is -0.214. The fraction of sp³-hybridized carbons (Fsp3) is 0.400. The number of amides is 2. The molecule has 2 amide bonds. The van der Waals surface area contributed by atoms with Gasteiger partial charge in [0.15, 0.2) is 0 Å². The van der Waals surface area contributed by atoms with Crippen LogP contribution >= 0.6 is 11.3 Å². The number of carbonyl (C=O) groups excluding carboxylic acids is 2. The average Bonchev–Trinajstić information content (AvgIpc) is 3.19. The van der Waals surface area contributed by atoms with Gasteiger partial charge < -0.3 is 15.0 Å². The highest BCUT2D eigenvalue weighted by Crippen LogP contribution is 2.30. The third-order valence-electron chi connectivity index (χ3n) is 4.71. The van der Waals surface area contributed by atoms with Gasteiger partial charge in [0.05, 0.1) is 13.2 Å². The number of nitrogens with one attached hydrogen (secondary N) is 1. The normalized spacial score (nSPS) is 14.2. The maximum absolute atomic E-state index is 12.5. The molecule has 0 saturated carbocycles. The minimum atomic E-state index is -0.526. The van der Waals surface area contributed by atoms with Crippen molar-refractivity contribution in [3.8, 4) is 0 Å². The molecule has 0 saturated heterocycles. The Hall–Kier alpha value is -2.34. The topological polar surface area (TPSA) is 58.6 Å². The summed E-state index contributed by atoms with van der Waals surface area (Å²) in [6.45, 7) is -0.0422. The van der Waals surface area contributed by atoms with Crippen LogP contribution in [0.3, 0.4) is 0 Å². The zero-order chi connectivity index (χ0) is 18.5. The van der Waals surface area contributed by atoms with Crippen LogP contribution in [0, 0.1) is 0 Å². The summed E-state index contributed by atoms with van der Waals surface area (Å²) in [4.78, 5) is 26.3. The molecule has 138 valence electrons. The molecule has 5 nitrogen and oxygen atoms in total. The van der Waals surface area contributed by atoms with E-state index in [1.54, 1.807) is 18.4 Å². The third kappa shape index (κ3) is 4.25. The van der Waals surface area contributed by atoms with Gasteiger partial charge in [-0.1, -0.05) is 24.3 Å². The van der Waals surface area contributed by atoms with E-state index in [9.17, 15) is 9.59 Å². The van der Waals surface area contributed by atoms with Crippen LogP contribution < -0.4 is 5.32 Å². The molecule has 1 aliphatic rings. The van der Waals surface area contributed by atoms with Crippen LogP contribution in [0.2, 0.25) is 0 Å². The van der Waals surface area contributed by atoms with Crippen LogP contribution in [-0.4, -0.2) is 37.6 Å². The number of rotatable bonds is 5. The Morgan fingerprint density at radius 2 is 2.00 bits per heavy atom. The second kappa shape index (κ2) is 8.36. The van der Waals surface area contributed by atoms with Gasteiger partial charge in [-0.05, 0) is 53.8 Å². The lowest BCUT2D eigenvalue weighted by Gasteiger charge is -2.23. The lowest BCUT2D eigenvalue weighted by Crippen LogP contribution is -2.40. The molecule has 1 heterocycles. The van der Waals surface area contributed by atoms with Crippen molar-refractivity contribution >= 4 is 23.3 Å². The molecule has 6 heteroatoms. The fourth-order valence-electron chi connectivity index (χ4n) is 3.35. The average molecular weight is 372 g/mol. The van der Waals surface area contributed by atoms with Gasteiger partial charge in [0.25, 0.3) is 0 Å². The van der Waals surface area contributed by atoms with Crippen molar-refractivity contribution < 1.29 is 14.3 Å². The van der Waals surface area contributed by atoms with Gasteiger partial charge in [0.2, 0.25) is 5.91 Å². The van der Waals surface area contributed by atoms with Gasteiger partial charge in [0.1, 0.15) is 6.54 Å². The molecule has 1 aromatic carbocycles. The van der Waals surface area contributed by atoms with Gasteiger partial charge in [-0.25, -0.2) is 4.79 Å². The van der Waals surface area contributed by atoms with E-state index in [0.717, 1.165) is 23.3 Å². The van der Waals surface area contributed by atoms with Gasteiger partial charge in [-0.15, -0.1) is 11.3 Å². The summed E-state index contributed by atoms with van der Waals surface area (Å²) in [7, 11) is 2.85. The highest BCUT2D eigenvalue weighted by atomic mass is 32.1. The Balaban J connectivity index is 1.80. The second-order valence-electron chi connectivity index (χ2n) is 6.58. The van der Waals surface area contributed by atoms with E-state index >= 15 is 0 Å². The summed E-state index contributed by atoms with van der Waals surface area (Å²) in [5, 5.41) is 5.08. The molecule has 1 aliphatic carbocycles. The van der Waals surface area contributed by atoms with Crippen molar-refractivity contribution in [3.63, 3.8) is 0 Å². The number of thiophene rings is 1. The zero-order valence-electron chi connectivity index (χ0n) is 15.2. The Bertz CT molecular complexity index is 773. The van der Waals surface area contributed by atoms with Crippen LogP contribution in [0.4, 0.5) is 4.79 Å². The van der Waals surface area contributed by atoms with Crippen molar-refractivity contribution in [1.82, 2.24) is 10.2 Å². The second-order valence-corrected chi connectivity index (χ2v) is 7.56. The number of nitrogens with zero attached hydrogens (tertiary/aromatic N) is 1. The minimum Gasteiger partial charge on any atom is -0.453 e. The molecule has 1 N–H and O–H groups in total. The predicted octanol–water partition coefficient (Wildman–Crippen LogP) is 3.53. The van der Waals surface area contributed by atoms with Crippen LogP contribution in [0.1, 0.15) is 40.5 Å². The summed E-state index contributed by atoms with van der Waals surface area (Å²) in [6, 6.07) is 10.3. The molecular weight excluding hydrogens is 348 g/mol. The summed E-state index contributed by atoms with van der Waals surface area (Å²) in [6.07, 6.45) is 4.17. The number of ether oxygens (including phenoxy) is 1. The highest BCUT2D eigenvalue weighted by Gasteiger charge is 2.21. The Labute approximate surface area is 158 Å². The van der Waals surface area contributed by atoms with Crippen molar-refractivity contribution in [2.24, 2.45) is 0 Å².